The van der Waals surface area contributed by atoms with E-state index >= 15 is 0 Å². The summed E-state index contributed by atoms with van der Waals surface area (Å²) >= 11 is 3.68. The standard InChI is InChI=1S/C16H25ClN2O2S.2C2H6/c1-14(12-15-6-4-3-5-7-15)18(2)13-16-8-10-19(11-9-16)22(20)21-17;2*1-2/h3-7,14,16H,8-13H2,1-2H3;2*1-2H3. The van der Waals surface area contributed by atoms with Gasteiger partial charge in [0.25, 0.3) is 11.3 Å². The molecule has 0 aromatic heterocycles. The normalized spacial score (nSPS) is 17.5. The number of hydrogen-bond acceptors (Lipinski definition) is 3. The van der Waals surface area contributed by atoms with Crippen molar-refractivity contribution in [3.05, 3.63) is 35.9 Å². The van der Waals surface area contributed by atoms with Crippen LogP contribution in [0.4, 0.5) is 0 Å². The Kier molecular flexibility index (Phi) is 15.3. The van der Waals surface area contributed by atoms with Gasteiger partial charge in [-0.1, -0.05) is 58.0 Å². The summed E-state index contributed by atoms with van der Waals surface area (Å²) in [6.45, 7) is 12.9. The Morgan fingerprint density at radius 3 is 2.23 bits per heavy atom. The first-order chi connectivity index (χ1) is 12.6. The second kappa shape index (κ2) is 15.6. The lowest BCUT2D eigenvalue weighted by atomic mass is 9.96. The Morgan fingerprint density at radius 1 is 1.19 bits per heavy atom. The number of likely N-dealkylation sites (N-methyl/N-ethyl adjacent to an activating group) is 1. The maximum atomic E-state index is 11.5. The predicted octanol–water partition coefficient (Wildman–Crippen LogP) is 5.06. The molecule has 1 aliphatic rings. The Morgan fingerprint density at radius 2 is 1.73 bits per heavy atom. The van der Waals surface area contributed by atoms with Crippen molar-refractivity contribution in [3.63, 3.8) is 0 Å². The van der Waals surface area contributed by atoms with Crippen molar-refractivity contribution >= 4 is 23.1 Å². The molecule has 0 aliphatic carbocycles. The Balaban J connectivity index is 0.00000146. The van der Waals surface area contributed by atoms with Gasteiger partial charge in [-0.05, 0) is 44.7 Å². The first-order valence-electron chi connectivity index (χ1n) is 9.80. The Hall–Kier alpha value is -0.460. The number of halogens is 1. The zero-order valence-corrected chi connectivity index (χ0v) is 18.9. The fraction of sp³-hybridized carbons (Fsp3) is 0.700. The summed E-state index contributed by atoms with van der Waals surface area (Å²) in [5.74, 6) is 0.645. The minimum atomic E-state index is -1.49. The van der Waals surface area contributed by atoms with E-state index in [1.807, 2.05) is 27.7 Å². The molecule has 6 heteroatoms. The molecule has 26 heavy (non-hydrogen) atoms. The molecule has 2 unspecified atom stereocenters. The number of piperidine rings is 1. The van der Waals surface area contributed by atoms with Crippen LogP contribution in [-0.4, -0.2) is 46.1 Å². The minimum Gasteiger partial charge on any atom is -0.303 e. The lowest BCUT2D eigenvalue weighted by Gasteiger charge is -2.34. The van der Waals surface area contributed by atoms with Gasteiger partial charge < -0.3 is 4.90 Å². The van der Waals surface area contributed by atoms with E-state index in [0.29, 0.717) is 12.0 Å². The van der Waals surface area contributed by atoms with Gasteiger partial charge in [0.05, 0.1) is 11.9 Å². The Labute approximate surface area is 168 Å². The van der Waals surface area contributed by atoms with E-state index in [4.69, 9.17) is 11.9 Å². The highest BCUT2D eigenvalue weighted by Gasteiger charge is 2.25. The zero-order chi connectivity index (χ0) is 19.9. The molecule has 1 aromatic carbocycles. The molecular formula is C20H37ClN2O2S. The summed E-state index contributed by atoms with van der Waals surface area (Å²) < 4.78 is 17.6. The van der Waals surface area contributed by atoms with E-state index in [2.05, 4.69) is 52.9 Å². The molecule has 1 aromatic rings. The van der Waals surface area contributed by atoms with Gasteiger partial charge in [-0.15, -0.1) is 0 Å². The highest BCUT2D eigenvalue weighted by Crippen LogP contribution is 2.21. The van der Waals surface area contributed by atoms with Crippen molar-refractivity contribution in [2.45, 2.75) is 59.9 Å². The van der Waals surface area contributed by atoms with Crippen molar-refractivity contribution in [2.24, 2.45) is 5.92 Å². The minimum absolute atomic E-state index is 0.515. The zero-order valence-electron chi connectivity index (χ0n) is 17.3. The fourth-order valence-corrected chi connectivity index (χ4v) is 3.81. The van der Waals surface area contributed by atoms with Crippen LogP contribution < -0.4 is 0 Å². The van der Waals surface area contributed by atoms with Gasteiger partial charge in [-0.3, -0.25) is 0 Å². The summed E-state index contributed by atoms with van der Waals surface area (Å²) in [6.07, 6.45) is 3.14. The summed E-state index contributed by atoms with van der Waals surface area (Å²) in [5.41, 5.74) is 1.38. The van der Waals surface area contributed by atoms with Gasteiger partial charge in [-0.2, -0.15) is 8.04 Å². The molecule has 1 heterocycles. The average molecular weight is 405 g/mol. The Bertz CT molecular complexity index is 468. The molecule has 4 nitrogen and oxygen atoms in total. The summed E-state index contributed by atoms with van der Waals surface area (Å²) in [4.78, 5) is 2.43. The third kappa shape index (κ3) is 9.47. The van der Waals surface area contributed by atoms with Gasteiger partial charge in [0, 0.05) is 25.7 Å². The summed E-state index contributed by atoms with van der Waals surface area (Å²) in [6, 6.07) is 11.1. The van der Waals surface area contributed by atoms with Crippen LogP contribution >= 0.6 is 11.9 Å². The van der Waals surface area contributed by atoms with E-state index in [9.17, 15) is 4.21 Å². The molecule has 1 fully saturated rings. The molecule has 0 bridgehead atoms. The largest absolute Gasteiger partial charge is 0.303 e. The lowest BCUT2D eigenvalue weighted by Crippen LogP contribution is -2.41. The van der Waals surface area contributed by atoms with Gasteiger partial charge >= 0.3 is 0 Å². The molecule has 0 N–H and O–H groups in total. The summed E-state index contributed by atoms with van der Waals surface area (Å²) in [5, 5.41) is 0. The smallest absolute Gasteiger partial charge is 0.254 e. The highest BCUT2D eigenvalue weighted by molar-refractivity contribution is 7.78. The van der Waals surface area contributed by atoms with Crippen LogP contribution in [0.2, 0.25) is 0 Å². The predicted molar refractivity (Wildman–Crippen MR) is 114 cm³/mol. The van der Waals surface area contributed by atoms with Gasteiger partial charge in [0.15, 0.2) is 0 Å². The monoisotopic (exact) mass is 404 g/mol. The first kappa shape index (κ1) is 25.5. The maximum absolute atomic E-state index is 11.5. The van der Waals surface area contributed by atoms with Crippen molar-refractivity contribution in [3.8, 4) is 0 Å². The molecule has 1 aliphatic heterocycles. The van der Waals surface area contributed by atoms with E-state index in [1.165, 1.54) is 5.56 Å². The number of nitrogens with zero attached hydrogens (tertiary/aromatic N) is 2. The van der Waals surface area contributed by atoms with E-state index in [-0.39, 0.29) is 0 Å². The van der Waals surface area contributed by atoms with Crippen LogP contribution in [0.3, 0.4) is 0 Å². The maximum Gasteiger partial charge on any atom is 0.254 e. The number of hydrogen-bond donors (Lipinski definition) is 0. The van der Waals surface area contributed by atoms with Crippen molar-refractivity contribution < 1.29 is 7.94 Å². The molecule has 0 radical (unpaired) electrons. The van der Waals surface area contributed by atoms with Crippen LogP contribution in [0.25, 0.3) is 0 Å². The molecule has 2 atom stereocenters. The lowest BCUT2D eigenvalue weighted by molar-refractivity contribution is 0.174. The fourth-order valence-electron chi connectivity index (χ4n) is 2.98. The second-order valence-corrected chi connectivity index (χ2v) is 7.59. The number of benzene rings is 1. The molecule has 2 rings (SSSR count). The van der Waals surface area contributed by atoms with E-state index in [1.54, 1.807) is 4.31 Å². The average Bonchev–Trinajstić information content (AvgIpc) is 2.71. The molecule has 1 saturated heterocycles. The van der Waals surface area contributed by atoms with Crippen LogP contribution in [0.1, 0.15) is 53.0 Å². The highest BCUT2D eigenvalue weighted by atomic mass is 35.5. The van der Waals surface area contributed by atoms with Gasteiger partial charge in [0.2, 0.25) is 0 Å². The van der Waals surface area contributed by atoms with Crippen molar-refractivity contribution in [1.29, 1.82) is 0 Å². The van der Waals surface area contributed by atoms with Crippen molar-refractivity contribution in [1.82, 2.24) is 9.21 Å². The molecule has 0 saturated carbocycles. The SMILES string of the molecule is CC.CC.CC(Cc1ccccc1)N(C)CC1CCN(S(=O)OCl)CC1. The number of rotatable bonds is 7. The van der Waals surface area contributed by atoms with Crippen LogP contribution in [0.15, 0.2) is 30.3 Å². The molecule has 0 spiro atoms. The molecule has 0 amide bonds. The van der Waals surface area contributed by atoms with Crippen LogP contribution in [0.5, 0.6) is 0 Å². The third-order valence-corrected chi connectivity index (χ3v) is 5.73. The van der Waals surface area contributed by atoms with Crippen LogP contribution in [0, 0.1) is 5.92 Å². The first-order valence-corrected chi connectivity index (χ1v) is 11.1. The van der Waals surface area contributed by atoms with Crippen LogP contribution in [-0.2, 0) is 21.4 Å². The molecule has 152 valence electrons. The molecular weight excluding hydrogens is 368 g/mol. The second-order valence-electron chi connectivity index (χ2n) is 6.13. The van der Waals surface area contributed by atoms with E-state index in [0.717, 1.165) is 38.9 Å². The quantitative estimate of drug-likeness (QED) is 0.636. The topological polar surface area (TPSA) is 32.8 Å². The summed E-state index contributed by atoms with van der Waals surface area (Å²) in [7, 11) is 2.19. The van der Waals surface area contributed by atoms with Crippen molar-refractivity contribution in [2.75, 3.05) is 26.7 Å². The third-order valence-electron chi connectivity index (χ3n) is 4.51. The van der Waals surface area contributed by atoms with Gasteiger partial charge in [0.1, 0.15) is 0 Å². The van der Waals surface area contributed by atoms with Gasteiger partial charge in [-0.25, -0.2) is 4.21 Å². The van der Waals surface area contributed by atoms with E-state index < -0.39 is 11.3 Å².